The highest BCUT2D eigenvalue weighted by Gasteiger charge is 2.56. The number of aromatic nitrogens is 10. The van der Waals surface area contributed by atoms with Gasteiger partial charge in [-0.15, -0.1) is 0 Å². The second-order valence-corrected chi connectivity index (χ2v) is 56.1. The van der Waals surface area contributed by atoms with Crippen LogP contribution in [0.2, 0.25) is 37.8 Å². The standard InChI is InChI=1S/2C37H41N6O4PSi.C33H43N4O5PSi/c2*1-3-30-31(22-33(45-30)42-25-40-34-35(38-24-39-36(34)42)41-37(44)26-14-7-4-8-15-26)46-48-43-21-13-20-29(43)32(47-48)23-49(2,27-16-9-5-10-17-27)28-18-11-6-12-19-28;1-5-27-28(21-31(40-27)36-20-18-30(35-33(36)39)34-32(38)23(2)3)41-43-37-19-12-17-26(37)29(42-43)22-44(4,24-13-8-6-9-14-24)25-15-10-7-11-16-25/h2*4-12,14-19,24-25,29-33H,3,13,20-23H2,1-2H3,(H,38,39,41,44);6-11,13-16,18,20,23,26-29,31H,5,12,17,19,21-22H2,1-4H3,(H,34,35,38,39)/t29-,30+,31?,32+,33+,48-;29-,30-,31?,32+,33-,48-;26-,27+,28?,29+,31+,43-/m010/s1. The smallest absolute Gasteiger partial charge is 0.351 e. The third-order valence-corrected chi connectivity index (χ3v) is 48.7. The summed E-state index contributed by atoms with van der Waals surface area (Å²) in [5.41, 5.74) is 2.88. The first-order valence-electron chi connectivity index (χ1n) is 50.3. The minimum Gasteiger partial charge on any atom is -0.352 e. The van der Waals surface area contributed by atoms with Crippen LogP contribution >= 0.6 is 25.6 Å². The number of rotatable bonds is 30. The van der Waals surface area contributed by atoms with Crippen molar-refractivity contribution in [3.8, 4) is 0 Å². The highest BCUT2D eigenvalue weighted by molar-refractivity contribution is 7.45. The van der Waals surface area contributed by atoms with Gasteiger partial charge in [-0.1, -0.05) is 304 Å². The summed E-state index contributed by atoms with van der Waals surface area (Å²) in [5.74, 6) is 0.0941. The van der Waals surface area contributed by atoms with Gasteiger partial charge in [0.2, 0.25) is 5.91 Å². The van der Waals surface area contributed by atoms with Gasteiger partial charge in [-0.2, -0.15) is 4.98 Å². The van der Waals surface area contributed by atoms with Gasteiger partial charge in [0.15, 0.2) is 34.0 Å². The van der Waals surface area contributed by atoms with Crippen LogP contribution in [-0.2, 0) is 46.1 Å². The molecule has 142 heavy (non-hydrogen) atoms. The first-order valence-corrected chi connectivity index (χ1v) is 61.8. The average Bonchev–Trinajstić information content (AvgIpc) is 1.59. The van der Waals surface area contributed by atoms with Gasteiger partial charge in [0.05, 0.1) is 67.6 Å². The number of imidazole rings is 2. The molecule has 0 spiro atoms. The predicted octanol–water partition coefficient (Wildman–Crippen LogP) is 17.2. The molecule has 3 N–H and O–H groups in total. The van der Waals surface area contributed by atoms with E-state index in [4.69, 9.17) is 41.4 Å². The molecule has 738 valence electrons. The second-order valence-electron chi connectivity index (χ2n) is 39.2. The van der Waals surface area contributed by atoms with Gasteiger partial charge < -0.3 is 57.3 Å². The summed E-state index contributed by atoms with van der Waals surface area (Å²) in [6.45, 7) is 20.3. The van der Waals surface area contributed by atoms with Crippen molar-refractivity contribution in [3.05, 3.63) is 302 Å². The lowest BCUT2D eigenvalue weighted by Crippen LogP contribution is -2.58. The third-order valence-electron chi connectivity index (χ3n) is 29.9. The SMILES string of the molecule is CC[C@H]1O[C@@H](n2ccc(NC(=O)C(C)C)nc2=O)CC1O[P@@]1O[C@H](C[Si](C)(c2ccccc2)c2ccccc2)[C@@H]2CCCN21.CC[C@H]1O[C@@H](n2cnc3c(NC(=O)c4ccccc4)ncnc32)CC1O[P@@]1O[C@H](C[Si](C)(c2ccccc2)c2ccccc2)[C@@H]2CCCN21.CC[C@H]1O[C@@H](n2cnc3c(NC(=O)c4ccccc4)ncnc32)CC1O[P@]1O[C@@H](C[Si](C)(c2ccccc2)c2ccccc2)[C@H]2CCCN21. The van der Waals surface area contributed by atoms with Crippen LogP contribution in [0.25, 0.3) is 22.3 Å². The maximum atomic E-state index is 12.9. The molecule has 3 amide bonds. The molecule has 8 aromatic carbocycles. The summed E-state index contributed by atoms with van der Waals surface area (Å²) in [4.78, 5) is 81.8. The molecule has 9 saturated heterocycles. The zero-order chi connectivity index (χ0) is 97.6. The van der Waals surface area contributed by atoms with Crippen molar-refractivity contribution >= 4 is 138 Å². The number of anilines is 3. The Kier molecular flexibility index (Phi) is 30.9. The van der Waals surface area contributed by atoms with Gasteiger partial charge in [0.1, 0.15) is 61.4 Å². The van der Waals surface area contributed by atoms with Crippen molar-refractivity contribution in [2.45, 2.75) is 241 Å². The fourth-order valence-electron chi connectivity index (χ4n) is 22.0. The Morgan fingerprint density at radius 1 is 0.394 bits per heavy atom. The van der Waals surface area contributed by atoms with Crippen molar-refractivity contribution in [1.29, 1.82) is 0 Å². The van der Waals surface area contributed by atoms with E-state index in [0.29, 0.717) is 82.5 Å². The minimum absolute atomic E-state index is 0.0963. The van der Waals surface area contributed by atoms with E-state index in [1.165, 1.54) is 48.3 Å². The quantitative estimate of drug-likeness (QED) is 0.0278. The lowest BCUT2D eigenvalue weighted by Gasteiger charge is -2.32. The summed E-state index contributed by atoms with van der Waals surface area (Å²) >= 11 is 0. The number of hydrogen-bond donors (Lipinski definition) is 3. The Morgan fingerprint density at radius 3 is 0.993 bits per heavy atom. The van der Waals surface area contributed by atoms with Crippen LogP contribution in [0.5, 0.6) is 0 Å². The molecule has 14 heterocycles. The Bertz CT molecular complexity index is 6130. The molecule has 0 saturated carbocycles. The zero-order valence-electron chi connectivity index (χ0n) is 81.5. The van der Waals surface area contributed by atoms with Crippen LogP contribution in [0.15, 0.2) is 285 Å². The summed E-state index contributed by atoms with van der Waals surface area (Å²) in [6, 6.07) is 89.8. The normalized spacial score (nSPS) is 26.0. The fraction of sp³-hybridized carbons (Fsp3) is 0.393. The number of nitrogens with one attached hydrogen (secondary N) is 3. The molecular formula is C107H125N16O13P3Si3. The molecule has 9 aliphatic heterocycles. The summed E-state index contributed by atoms with van der Waals surface area (Å²) in [7, 11) is -10.0. The van der Waals surface area contributed by atoms with Gasteiger partial charge in [0, 0.05) is 80.3 Å². The van der Waals surface area contributed by atoms with E-state index in [0.717, 1.165) is 95.6 Å². The molecular weight excluding hydrogens is 1890 g/mol. The van der Waals surface area contributed by atoms with E-state index in [2.05, 4.69) is 287 Å². The number of hydrogen-bond acceptors (Lipinski definition) is 23. The predicted molar refractivity (Wildman–Crippen MR) is 563 cm³/mol. The summed E-state index contributed by atoms with van der Waals surface area (Å²) < 4.78 is 73.9. The molecule has 0 bridgehead atoms. The molecule has 22 rings (SSSR count). The van der Waals surface area contributed by atoms with Gasteiger partial charge in [-0.05, 0) is 106 Å². The van der Waals surface area contributed by atoms with E-state index in [1.807, 2.05) is 45.5 Å². The lowest BCUT2D eigenvalue weighted by atomic mass is 10.1. The van der Waals surface area contributed by atoms with Crippen LogP contribution in [-0.4, -0.2) is 197 Å². The highest BCUT2D eigenvalue weighted by atomic mass is 31.2. The molecule has 9 aliphatic rings. The van der Waals surface area contributed by atoms with Crippen LogP contribution in [0, 0.1) is 5.92 Å². The van der Waals surface area contributed by atoms with E-state index < -0.39 is 61.7 Å². The molecule has 29 nitrogen and oxygen atoms in total. The first-order chi connectivity index (χ1) is 69.3. The van der Waals surface area contributed by atoms with Crippen molar-refractivity contribution in [2.24, 2.45) is 5.92 Å². The largest absolute Gasteiger partial charge is 0.352 e. The average molecular weight is 2020 g/mol. The topological polar surface area (TPSA) is 302 Å². The summed E-state index contributed by atoms with van der Waals surface area (Å²) in [5, 5.41) is 17.1. The van der Waals surface area contributed by atoms with Crippen LogP contribution in [0.4, 0.5) is 17.5 Å². The molecule has 13 aromatic rings. The van der Waals surface area contributed by atoms with Crippen LogP contribution in [0.3, 0.4) is 0 Å². The van der Waals surface area contributed by atoms with Gasteiger partial charge in [-0.25, -0.2) is 48.7 Å². The molecule has 9 fully saturated rings. The van der Waals surface area contributed by atoms with Crippen molar-refractivity contribution in [3.63, 3.8) is 0 Å². The van der Waals surface area contributed by atoms with Crippen LogP contribution < -0.4 is 52.8 Å². The molecule has 0 aliphatic carbocycles. The van der Waals surface area contributed by atoms with Gasteiger partial charge in [-0.3, -0.25) is 28.1 Å². The second kappa shape index (κ2) is 44.3. The number of nitrogens with zero attached hydrogens (tertiary/aromatic N) is 13. The van der Waals surface area contributed by atoms with E-state index in [1.54, 1.807) is 63.0 Å². The first kappa shape index (κ1) is 99.0. The Labute approximate surface area is 835 Å². The molecule has 5 aromatic heterocycles. The van der Waals surface area contributed by atoms with Gasteiger partial charge in [0.25, 0.3) is 37.4 Å². The zero-order valence-corrected chi connectivity index (χ0v) is 87.2. The molecule has 35 heteroatoms. The Balaban J connectivity index is 0.000000131. The molecule has 3 unspecified atom stereocenters. The Morgan fingerprint density at radius 2 is 0.697 bits per heavy atom. The maximum Gasteiger partial charge on any atom is 0.351 e. The van der Waals surface area contributed by atoms with E-state index >= 15 is 0 Å². The summed E-state index contributed by atoms with van der Waals surface area (Å²) in [6.07, 6.45) is 17.4. The van der Waals surface area contributed by atoms with Gasteiger partial charge >= 0.3 is 5.69 Å². The number of benzene rings is 8. The minimum atomic E-state index is -2.10. The maximum absolute atomic E-state index is 12.9. The number of carbonyl (C=O) groups excluding carboxylic acids is 3. The third kappa shape index (κ3) is 21.0. The van der Waals surface area contributed by atoms with E-state index in [9.17, 15) is 19.2 Å². The Hall–Kier alpha value is -10.4. The molecule has 0 radical (unpaired) electrons. The fourth-order valence-corrected chi connectivity index (χ4v) is 39.9. The van der Waals surface area contributed by atoms with Crippen molar-refractivity contribution in [2.75, 3.05) is 35.6 Å². The number of carbonyl (C=O) groups is 3. The lowest BCUT2D eigenvalue weighted by molar-refractivity contribution is -0.118. The monoisotopic (exact) mass is 2020 g/mol. The van der Waals surface area contributed by atoms with Crippen LogP contribution in [0.1, 0.15) is 151 Å². The van der Waals surface area contributed by atoms with Crippen molar-refractivity contribution < 1.29 is 55.7 Å². The number of ether oxygens (including phenoxy) is 3. The number of fused-ring (bicyclic) bond motifs is 5. The van der Waals surface area contributed by atoms with E-state index in [-0.39, 0.29) is 96.8 Å². The molecule has 18 atom stereocenters. The number of amides is 3. The van der Waals surface area contributed by atoms with Crippen molar-refractivity contribution in [1.82, 2.24) is 62.6 Å². The highest BCUT2D eigenvalue weighted by Crippen LogP contribution is 2.62.